The highest BCUT2D eigenvalue weighted by Gasteiger charge is 2.44. The number of methoxy groups -OCH3 is 1. The number of pyridine rings is 1. The van der Waals surface area contributed by atoms with Crippen LogP contribution in [-0.4, -0.2) is 41.7 Å². The molecule has 1 fully saturated rings. The lowest BCUT2D eigenvalue weighted by molar-refractivity contribution is -0.0777. The van der Waals surface area contributed by atoms with E-state index in [4.69, 9.17) is 10.5 Å². The van der Waals surface area contributed by atoms with E-state index in [0.29, 0.717) is 6.54 Å². The maximum atomic E-state index is 6.19. The molecule has 0 saturated heterocycles. The van der Waals surface area contributed by atoms with Crippen LogP contribution in [0.3, 0.4) is 0 Å². The Morgan fingerprint density at radius 1 is 1.45 bits per heavy atom. The SMILES string of the molecule is CCN(Cc1ccccn1)C1(CN)CCCCC1OC. The van der Waals surface area contributed by atoms with Crippen molar-refractivity contribution in [3.63, 3.8) is 0 Å². The van der Waals surface area contributed by atoms with Crippen LogP contribution in [0.1, 0.15) is 38.3 Å². The summed E-state index contributed by atoms with van der Waals surface area (Å²) in [5, 5.41) is 0. The highest BCUT2D eigenvalue weighted by molar-refractivity contribution is 5.07. The van der Waals surface area contributed by atoms with E-state index in [9.17, 15) is 0 Å². The number of aromatic nitrogens is 1. The monoisotopic (exact) mass is 277 g/mol. The van der Waals surface area contributed by atoms with Gasteiger partial charge < -0.3 is 10.5 Å². The van der Waals surface area contributed by atoms with Crippen LogP contribution in [0.15, 0.2) is 24.4 Å². The third kappa shape index (κ3) is 3.03. The minimum absolute atomic E-state index is 0.0424. The zero-order valence-corrected chi connectivity index (χ0v) is 12.7. The lowest BCUT2D eigenvalue weighted by Gasteiger charge is -2.50. The van der Waals surface area contributed by atoms with Crippen LogP contribution in [0.2, 0.25) is 0 Å². The molecule has 2 unspecified atom stereocenters. The Kier molecular flexibility index (Phi) is 5.52. The van der Waals surface area contributed by atoms with Gasteiger partial charge in [-0.05, 0) is 31.5 Å². The fraction of sp³-hybridized carbons (Fsp3) is 0.688. The maximum Gasteiger partial charge on any atom is 0.0767 e. The van der Waals surface area contributed by atoms with E-state index < -0.39 is 0 Å². The zero-order chi connectivity index (χ0) is 14.4. The van der Waals surface area contributed by atoms with Crippen molar-refractivity contribution in [3.8, 4) is 0 Å². The second kappa shape index (κ2) is 7.16. The maximum absolute atomic E-state index is 6.19. The molecule has 1 aliphatic carbocycles. The molecule has 0 spiro atoms. The van der Waals surface area contributed by atoms with Gasteiger partial charge in [0.15, 0.2) is 0 Å². The number of likely N-dealkylation sites (N-methyl/N-ethyl adjacent to an activating group) is 1. The van der Waals surface area contributed by atoms with Gasteiger partial charge in [0.2, 0.25) is 0 Å². The summed E-state index contributed by atoms with van der Waals surface area (Å²) >= 11 is 0. The first kappa shape index (κ1) is 15.4. The fourth-order valence-electron chi connectivity index (χ4n) is 3.52. The first-order valence-corrected chi connectivity index (χ1v) is 7.64. The predicted molar refractivity (Wildman–Crippen MR) is 81.4 cm³/mol. The van der Waals surface area contributed by atoms with Crippen LogP contribution < -0.4 is 5.73 Å². The lowest BCUT2D eigenvalue weighted by Crippen LogP contribution is -2.62. The van der Waals surface area contributed by atoms with Crippen LogP contribution in [0, 0.1) is 0 Å². The number of hydrogen-bond donors (Lipinski definition) is 1. The van der Waals surface area contributed by atoms with Crippen molar-refractivity contribution in [2.24, 2.45) is 5.73 Å². The minimum Gasteiger partial charge on any atom is -0.379 e. The van der Waals surface area contributed by atoms with E-state index >= 15 is 0 Å². The van der Waals surface area contributed by atoms with Crippen molar-refractivity contribution in [2.75, 3.05) is 20.2 Å². The molecule has 4 heteroatoms. The molecule has 2 N–H and O–H groups in total. The van der Waals surface area contributed by atoms with Gasteiger partial charge in [0.25, 0.3) is 0 Å². The summed E-state index contributed by atoms with van der Waals surface area (Å²) in [6.45, 7) is 4.65. The molecule has 0 radical (unpaired) electrons. The lowest BCUT2D eigenvalue weighted by atomic mass is 9.77. The van der Waals surface area contributed by atoms with Crippen LogP contribution in [0.5, 0.6) is 0 Å². The van der Waals surface area contributed by atoms with E-state index in [0.717, 1.165) is 31.6 Å². The number of ether oxygens (including phenoxy) is 1. The normalized spacial score (nSPS) is 26.9. The van der Waals surface area contributed by atoms with Gasteiger partial charge in [-0.2, -0.15) is 0 Å². The van der Waals surface area contributed by atoms with Gasteiger partial charge in [-0.1, -0.05) is 25.8 Å². The number of hydrogen-bond acceptors (Lipinski definition) is 4. The number of nitrogens with zero attached hydrogens (tertiary/aromatic N) is 2. The summed E-state index contributed by atoms with van der Waals surface area (Å²) in [4.78, 5) is 6.92. The van der Waals surface area contributed by atoms with Crippen LogP contribution >= 0.6 is 0 Å². The van der Waals surface area contributed by atoms with E-state index in [1.165, 1.54) is 12.8 Å². The number of nitrogens with two attached hydrogens (primary N) is 1. The Morgan fingerprint density at radius 3 is 2.90 bits per heavy atom. The molecule has 1 aromatic heterocycles. The molecule has 2 rings (SSSR count). The first-order valence-electron chi connectivity index (χ1n) is 7.64. The molecular formula is C16H27N3O. The fourth-order valence-corrected chi connectivity index (χ4v) is 3.52. The predicted octanol–water partition coefficient (Wildman–Crippen LogP) is 2.19. The standard InChI is InChI=1S/C16H27N3O/c1-3-19(12-14-8-5-7-11-18-14)16(13-17)10-6-4-9-15(16)20-2/h5,7-8,11,15H,3-4,6,9-10,12-13,17H2,1-2H3. The Hall–Kier alpha value is -0.970. The molecular weight excluding hydrogens is 250 g/mol. The van der Waals surface area contributed by atoms with Crippen molar-refractivity contribution < 1.29 is 4.74 Å². The van der Waals surface area contributed by atoms with E-state index in [1.807, 2.05) is 25.4 Å². The summed E-state index contributed by atoms with van der Waals surface area (Å²) in [5.74, 6) is 0. The Morgan fingerprint density at radius 2 is 2.30 bits per heavy atom. The van der Waals surface area contributed by atoms with Gasteiger partial charge in [0, 0.05) is 26.4 Å². The van der Waals surface area contributed by atoms with Crippen molar-refractivity contribution in [2.45, 2.75) is 50.8 Å². The quantitative estimate of drug-likeness (QED) is 0.866. The van der Waals surface area contributed by atoms with Crippen LogP contribution in [0.4, 0.5) is 0 Å². The molecule has 1 saturated carbocycles. The van der Waals surface area contributed by atoms with Crippen LogP contribution in [0.25, 0.3) is 0 Å². The van der Waals surface area contributed by atoms with Crippen LogP contribution in [-0.2, 0) is 11.3 Å². The molecule has 0 amide bonds. The smallest absolute Gasteiger partial charge is 0.0767 e. The third-order valence-electron chi connectivity index (χ3n) is 4.65. The Bertz CT molecular complexity index is 398. The van der Waals surface area contributed by atoms with Crippen molar-refractivity contribution >= 4 is 0 Å². The summed E-state index contributed by atoms with van der Waals surface area (Å²) in [5.41, 5.74) is 7.25. The van der Waals surface area contributed by atoms with E-state index in [1.54, 1.807) is 0 Å². The second-order valence-electron chi connectivity index (χ2n) is 5.61. The highest BCUT2D eigenvalue weighted by Crippen LogP contribution is 2.35. The molecule has 20 heavy (non-hydrogen) atoms. The summed E-state index contributed by atoms with van der Waals surface area (Å²) in [6, 6.07) is 6.08. The number of rotatable bonds is 6. The molecule has 112 valence electrons. The Balaban J connectivity index is 2.21. The van der Waals surface area contributed by atoms with Gasteiger partial charge in [0.1, 0.15) is 0 Å². The first-order chi connectivity index (χ1) is 9.76. The molecule has 0 aliphatic heterocycles. The van der Waals surface area contributed by atoms with Gasteiger partial charge >= 0.3 is 0 Å². The third-order valence-corrected chi connectivity index (χ3v) is 4.65. The van der Waals surface area contributed by atoms with Crippen molar-refractivity contribution in [1.82, 2.24) is 9.88 Å². The van der Waals surface area contributed by atoms with Gasteiger partial charge in [-0.3, -0.25) is 9.88 Å². The van der Waals surface area contributed by atoms with Crippen molar-refractivity contribution in [1.29, 1.82) is 0 Å². The molecule has 0 aromatic carbocycles. The van der Waals surface area contributed by atoms with Crippen molar-refractivity contribution in [3.05, 3.63) is 30.1 Å². The molecule has 4 nitrogen and oxygen atoms in total. The average molecular weight is 277 g/mol. The summed E-state index contributed by atoms with van der Waals surface area (Å²) in [7, 11) is 1.81. The summed E-state index contributed by atoms with van der Waals surface area (Å²) in [6.07, 6.45) is 6.77. The summed E-state index contributed by atoms with van der Waals surface area (Å²) < 4.78 is 5.78. The molecule has 1 heterocycles. The van der Waals surface area contributed by atoms with Gasteiger partial charge in [0.05, 0.1) is 17.3 Å². The van der Waals surface area contributed by atoms with Gasteiger partial charge in [-0.15, -0.1) is 0 Å². The molecule has 1 aliphatic rings. The Labute approximate surface area is 122 Å². The average Bonchev–Trinajstić information content (AvgIpc) is 2.53. The largest absolute Gasteiger partial charge is 0.379 e. The molecule has 0 bridgehead atoms. The molecule has 2 atom stereocenters. The van der Waals surface area contributed by atoms with E-state index in [2.05, 4.69) is 22.9 Å². The topological polar surface area (TPSA) is 51.4 Å². The zero-order valence-electron chi connectivity index (χ0n) is 12.7. The van der Waals surface area contributed by atoms with E-state index in [-0.39, 0.29) is 11.6 Å². The second-order valence-corrected chi connectivity index (χ2v) is 5.61. The van der Waals surface area contributed by atoms with Gasteiger partial charge in [-0.25, -0.2) is 0 Å². The minimum atomic E-state index is -0.0424. The highest BCUT2D eigenvalue weighted by atomic mass is 16.5. The molecule has 1 aromatic rings.